The number of fused-ring (bicyclic) bond motifs is 1. The van der Waals surface area contributed by atoms with Gasteiger partial charge in [-0.3, -0.25) is 14.6 Å². The van der Waals surface area contributed by atoms with Gasteiger partial charge < -0.3 is 10.2 Å². The molecule has 2 heterocycles. The highest BCUT2D eigenvalue weighted by molar-refractivity contribution is 5.91. The summed E-state index contributed by atoms with van der Waals surface area (Å²) in [6, 6.07) is 8.04. The van der Waals surface area contributed by atoms with Crippen LogP contribution in [0, 0.1) is 13.8 Å². The van der Waals surface area contributed by atoms with Gasteiger partial charge >= 0.3 is 0 Å². The third-order valence-electron chi connectivity index (χ3n) is 5.61. The minimum Gasteiger partial charge on any atom is -0.352 e. The number of amides is 2. The van der Waals surface area contributed by atoms with Gasteiger partial charge in [0.2, 0.25) is 11.8 Å². The lowest BCUT2D eigenvalue weighted by molar-refractivity contribution is -0.138. The van der Waals surface area contributed by atoms with Crippen LogP contribution in [0.15, 0.2) is 24.3 Å². The Labute approximate surface area is 153 Å². The van der Waals surface area contributed by atoms with Crippen molar-refractivity contribution >= 4 is 22.7 Å². The monoisotopic (exact) mass is 351 g/mol. The van der Waals surface area contributed by atoms with Crippen molar-refractivity contribution in [3.8, 4) is 0 Å². The predicted octanol–water partition coefficient (Wildman–Crippen LogP) is 2.66. The molecule has 1 saturated carbocycles. The van der Waals surface area contributed by atoms with E-state index in [1.807, 2.05) is 31.2 Å². The number of carbonyl (C=O) groups excluding carboxylic acids is 2. The van der Waals surface area contributed by atoms with E-state index < -0.39 is 0 Å². The fourth-order valence-corrected chi connectivity index (χ4v) is 3.95. The SMILES string of the molecule is Cc1nc2ccccc2c(C)c1CC(=O)N1CCCC1C(=O)NC1CC1. The fraction of sp³-hybridized carbons (Fsp3) is 0.476. The van der Waals surface area contributed by atoms with Crippen LogP contribution in [0.4, 0.5) is 0 Å². The zero-order chi connectivity index (χ0) is 18.3. The average Bonchev–Trinajstić information content (AvgIpc) is 3.29. The Kier molecular flexibility index (Phi) is 4.39. The summed E-state index contributed by atoms with van der Waals surface area (Å²) in [5.41, 5.74) is 3.95. The van der Waals surface area contributed by atoms with E-state index in [1.54, 1.807) is 4.90 Å². The molecule has 1 saturated heterocycles. The summed E-state index contributed by atoms with van der Waals surface area (Å²) in [6.07, 6.45) is 4.09. The number of pyridine rings is 1. The lowest BCUT2D eigenvalue weighted by atomic mass is 9.99. The van der Waals surface area contributed by atoms with Crippen LogP contribution in [0.25, 0.3) is 10.9 Å². The molecule has 0 spiro atoms. The summed E-state index contributed by atoms with van der Waals surface area (Å²) in [5.74, 6) is 0.0464. The van der Waals surface area contributed by atoms with Crippen molar-refractivity contribution in [3.63, 3.8) is 0 Å². The number of rotatable bonds is 4. The first-order chi connectivity index (χ1) is 12.5. The highest BCUT2D eigenvalue weighted by Gasteiger charge is 2.36. The highest BCUT2D eigenvalue weighted by atomic mass is 16.2. The molecule has 1 atom stereocenters. The molecule has 1 N–H and O–H groups in total. The van der Waals surface area contributed by atoms with Gasteiger partial charge in [-0.15, -0.1) is 0 Å². The van der Waals surface area contributed by atoms with Gasteiger partial charge in [-0.1, -0.05) is 18.2 Å². The van der Waals surface area contributed by atoms with Crippen LogP contribution in [0.1, 0.15) is 42.5 Å². The molecule has 1 aromatic heterocycles. The fourth-order valence-electron chi connectivity index (χ4n) is 3.95. The zero-order valence-corrected chi connectivity index (χ0v) is 15.4. The molecule has 2 aliphatic rings. The van der Waals surface area contributed by atoms with E-state index in [0.29, 0.717) is 19.0 Å². The Morgan fingerprint density at radius 1 is 1.19 bits per heavy atom. The maximum absolute atomic E-state index is 13.0. The first kappa shape index (κ1) is 17.0. The topological polar surface area (TPSA) is 62.3 Å². The van der Waals surface area contributed by atoms with Crippen LogP contribution in [-0.2, 0) is 16.0 Å². The lowest BCUT2D eigenvalue weighted by Crippen LogP contribution is -2.47. The van der Waals surface area contributed by atoms with E-state index in [0.717, 1.165) is 53.4 Å². The minimum absolute atomic E-state index is 0.0171. The van der Waals surface area contributed by atoms with Gasteiger partial charge in [-0.25, -0.2) is 0 Å². The van der Waals surface area contributed by atoms with Crippen LogP contribution >= 0.6 is 0 Å². The number of para-hydroxylation sites is 1. The van der Waals surface area contributed by atoms with Crippen LogP contribution in [0.5, 0.6) is 0 Å². The van der Waals surface area contributed by atoms with Crippen LogP contribution < -0.4 is 5.32 Å². The Morgan fingerprint density at radius 3 is 2.73 bits per heavy atom. The number of hydrogen-bond donors (Lipinski definition) is 1. The molecule has 1 aromatic carbocycles. The van der Waals surface area contributed by atoms with Crippen molar-refractivity contribution < 1.29 is 9.59 Å². The third kappa shape index (κ3) is 3.18. The van der Waals surface area contributed by atoms with Gasteiger partial charge in [0.15, 0.2) is 0 Å². The van der Waals surface area contributed by atoms with E-state index in [4.69, 9.17) is 0 Å². The number of carbonyl (C=O) groups is 2. The molecule has 1 unspecified atom stereocenters. The van der Waals surface area contributed by atoms with Crippen LogP contribution in [-0.4, -0.2) is 40.3 Å². The molecule has 0 bridgehead atoms. The number of aromatic nitrogens is 1. The number of benzene rings is 1. The molecule has 26 heavy (non-hydrogen) atoms. The number of hydrogen-bond acceptors (Lipinski definition) is 3. The smallest absolute Gasteiger partial charge is 0.243 e. The molecule has 2 aromatic rings. The van der Waals surface area contributed by atoms with E-state index in [2.05, 4.69) is 17.2 Å². The molecule has 2 fully saturated rings. The van der Waals surface area contributed by atoms with E-state index in [9.17, 15) is 9.59 Å². The summed E-state index contributed by atoms with van der Waals surface area (Å²) < 4.78 is 0. The first-order valence-corrected chi connectivity index (χ1v) is 9.49. The van der Waals surface area contributed by atoms with Crippen molar-refractivity contribution in [2.45, 2.75) is 58.0 Å². The summed E-state index contributed by atoms with van der Waals surface area (Å²) in [5, 5.41) is 4.13. The standard InChI is InChI=1S/C21H25N3O2/c1-13-16-6-3-4-7-18(16)22-14(2)17(13)12-20(25)24-11-5-8-19(24)21(26)23-15-9-10-15/h3-4,6-7,15,19H,5,8-12H2,1-2H3,(H,23,26). The van der Waals surface area contributed by atoms with Crippen molar-refractivity contribution in [2.75, 3.05) is 6.54 Å². The molecule has 136 valence electrons. The first-order valence-electron chi connectivity index (χ1n) is 9.49. The third-order valence-corrected chi connectivity index (χ3v) is 5.61. The van der Waals surface area contributed by atoms with E-state index in [1.165, 1.54) is 0 Å². The maximum Gasteiger partial charge on any atom is 0.243 e. The minimum atomic E-state index is -0.308. The van der Waals surface area contributed by atoms with Crippen molar-refractivity contribution in [3.05, 3.63) is 41.1 Å². The Bertz CT molecular complexity index is 873. The van der Waals surface area contributed by atoms with Crippen LogP contribution in [0.2, 0.25) is 0 Å². The molecular weight excluding hydrogens is 326 g/mol. The van der Waals surface area contributed by atoms with Gasteiger partial charge in [0.05, 0.1) is 11.9 Å². The van der Waals surface area contributed by atoms with E-state index >= 15 is 0 Å². The van der Waals surface area contributed by atoms with Crippen molar-refractivity contribution in [1.29, 1.82) is 0 Å². The number of likely N-dealkylation sites (tertiary alicyclic amines) is 1. The summed E-state index contributed by atoms with van der Waals surface area (Å²) in [6.45, 7) is 4.69. The maximum atomic E-state index is 13.0. The second kappa shape index (κ2) is 6.71. The largest absolute Gasteiger partial charge is 0.352 e. The number of nitrogens with one attached hydrogen (secondary N) is 1. The van der Waals surface area contributed by atoms with Gasteiger partial charge in [0.1, 0.15) is 6.04 Å². The summed E-state index contributed by atoms with van der Waals surface area (Å²) in [7, 11) is 0. The lowest BCUT2D eigenvalue weighted by Gasteiger charge is -2.25. The second-order valence-corrected chi connectivity index (χ2v) is 7.52. The van der Waals surface area contributed by atoms with Gasteiger partial charge in [0, 0.05) is 23.7 Å². The number of nitrogens with zero attached hydrogens (tertiary/aromatic N) is 2. The van der Waals surface area contributed by atoms with Gasteiger partial charge in [0.25, 0.3) is 0 Å². The molecule has 5 heteroatoms. The van der Waals surface area contributed by atoms with Crippen molar-refractivity contribution in [1.82, 2.24) is 15.2 Å². The molecule has 0 radical (unpaired) electrons. The predicted molar refractivity (Wildman–Crippen MR) is 101 cm³/mol. The van der Waals surface area contributed by atoms with Crippen LogP contribution in [0.3, 0.4) is 0 Å². The molecule has 1 aliphatic carbocycles. The van der Waals surface area contributed by atoms with E-state index in [-0.39, 0.29) is 17.9 Å². The Morgan fingerprint density at radius 2 is 1.96 bits per heavy atom. The normalized spacial score (nSPS) is 19.8. The van der Waals surface area contributed by atoms with Crippen molar-refractivity contribution in [2.24, 2.45) is 0 Å². The molecular formula is C21H25N3O2. The molecule has 2 amide bonds. The summed E-state index contributed by atoms with van der Waals surface area (Å²) in [4.78, 5) is 31.9. The summed E-state index contributed by atoms with van der Waals surface area (Å²) >= 11 is 0. The Hall–Kier alpha value is -2.43. The second-order valence-electron chi connectivity index (χ2n) is 7.52. The zero-order valence-electron chi connectivity index (χ0n) is 15.4. The molecule has 4 rings (SSSR count). The molecule has 5 nitrogen and oxygen atoms in total. The quantitative estimate of drug-likeness (QED) is 0.921. The Balaban J connectivity index is 1.55. The average molecular weight is 351 g/mol. The van der Waals surface area contributed by atoms with Gasteiger partial charge in [-0.05, 0) is 56.7 Å². The number of aryl methyl sites for hydroxylation is 2. The van der Waals surface area contributed by atoms with Gasteiger partial charge in [-0.2, -0.15) is 0 Å². The molecule has 1 aliphatic heterocycles. The highest BCUT2D eigenvalue weighted by Crippen LogP contribution is 2.26.